The first kappa shape index (κ1) is 13.1. The highest BCUT2D eigenvalue weighted by atomic mass is 127. The lowest BCUT2D eigenvalue weighted by Crippen LogP contribution is -2.15. The van der Waals surface area contributed by atoms with Gasteiger partial charge in [0.15, 0.2) is 5.69 Å². The summed E-state index contributed by atoms with van der Waals surface area (Å²) in [6.07, 6.45) is 1.82. The van der Waals surface area contributed by atoms with Crippen LogP contribution in [0, 0.1) is 17.4 Å². The van der Waals surface area contributed by atoms with Crippen molar-refractivity contribution in [2.24, 2.45) is 7.05 Å². The predicted octanol–water partition coefficient (Wildman–Crippen LogP) is 2.89. The third-order valence-corrected chi connectivity index (χ3v) is 3.64. The van der Waals surface area contributed by atoms with Crippen molar-refractivity contribution >= 4 is 34.2 Å². The fraction of sp³-hybridized carbons (Fsp3) is 0.231. The molecular weight excluding hydrogens is 341 g/mol. The van der Waals surface area contributed by atoms with Crippen LogP contribution < -0.4 is 5.32 Å². The average Bonchev–Trinajstić information content (AvgIpc) is 2.64. The van der Waals surface area contributed by atoms with Gasteiger partial charge >= 0.3 is 0 Å². The highest BCUT2D eigenvalue weighted by molar-refractivity contribution is 14.1. The van der Waals surface area contributed by atoms with Gasteiger partial charge in [-0.3, -0.25) is 9.48 Å². The minimum atomic E-state index is -0.172. The highest BCUT2D eigenvalue weighted by Gasteiger charge is 2.15. The van der Waals surface area contributed by atoms with Gasteiger partial charge < -0.3 is 5.32 Å². The maximum atomic E-state index is 12.1. The number of halogens is 1. The van der Waals surface area contributed by atoms with Crippen LogP contribution in [0.15, 0.2) is 24.4 Å². The summed E-state index contributed by atoms with van der Waals surface area (Å²) in [5.74, 6) is -0.172. The maximum absolute atomic E-state index is 12.1. The Balaban J connectivity index is 2.27. The molecule has 0 fully saturated rings. The Bertz CT molecular complexity index is 604. The number of nitrogens with zero attached hydrogens (tertiary/aromatic N) is 2. The second kappa shape index (κ2) is 5.09. The molecule has 0 aliphatic carbocycles. The molecule has 1 heterocycles. The van der Waals surface area contributed by atoms with E-state index in [1.54, 1.807) is 11.7 Å². The van der Waals surface area contributed by atoms with Gasteiger partial charge in [-0.1, -0.05) is 12.1 Å². The average molecular weight is 355 g/mol. The summed E-state index contributed by atoms with van der Waals surface area (Å²) < 4.78 is 2.48. The van der Waals surface area contributed by atoms with Crippen LogP contribution in [0.1, 0.15) is 21.6 Å². The van der Waals surface area contributed by atoms with E-state index in [4.69, 9.17) is 0 Å². The zero-order chi connectivity index (χ0) is 13.3. The van der Waals surface area contributed by atoms with E-state index in [1.165, 1.54) is 0 Å². The molecule has 0 aliphatic heterocycles. The lowest BCUT2D eigenvalue weighted by Gasteiger charge is -2.09. The summed E-state index contributed by atoms with van der Waals surface area (Å²) in [7, 11) is 1.80. The Labute approximate surface area is 120 Å². The van der Waals surface area contributed by atoms with E-state index in [2.05, 4.69) is 33.0 Å². The Morgan fingerprint density at radius 3 is 2.72 bits per heavy atom. The number of carbonyl (C=O) groups excluding carboxylic acids is 1. The SMILES string of the molecule is Cc1cccc(NC(=O)c2nn(C)cc2I)c1C. The second-order valence-corrected chi connectivity index (χ2v) is 5.36. The Kier molecular flexibility index (Phi) is 3.70. The van der Waals surface area contributed by atoms with Gasteiger partial charge in [0, 0.05) is 18.9 Å². The smallest absolute Gasteiger partial charge is 0.277 e. The van der Waals surface area contributed by atoms with Crippen molar-refractivity contribution in [1.82, 2.24) is 9.78 Å². The van der Waals surface area contributed by atoms with Crippen molar-refractivity contribution in [3.05, 3.63) is 44.8 Å². The molecule has 0 spiro atoms. The van der Waals surface area contributed by atoms with Crippen molar-refractivity contribution in [2.75, 3.05) is 5.32 Å². The van der Waals surface area contributed by atoms with Gasteiger partial charge in [-0.2, -0.15) is 5.10 Å². The number of aromatic nitrogens is 2. The van der Waals surface area contributed by atoms with Crippen LogP contribution in [-0.2, 0) is 7.05 Å². The number of rotatable bonds is 2. The van der Waals surface area contributed by atoms with Crippen molar-refractivity contribution in [1.29, 1.82) is 0 Å². The van der Waals surface area contributed by atoms with E-state index in [1.807, 2.05) is 38.2 Å². The van der Waals surface area contributed by atoms with Gasteiger partial charge in [-0.05, 0) is 53.6 Å². The van der Waals surface area contributed by atoms with E-state index in [-0.39, 0.29) is 5.91 Å². The number of carbonyl (C=O) groups is 1. The zero-order valence-electron chi connectivity index (χ0n) is 10.5. The van der Waals surface area contributed by atoms with Crippen molar-refractivity contribution in [2.45, 2.75) is 13.8 Å². The number of nitrogens with one attached hydrogen (secondary N) is 1. The first-order valence-electron chi connectivity index (χ1n) is 5.55. The first-order chi connectivity index (χ1) is 8.49. The first-order valence-corrected chi connectivity index (χ1v) is 6.63. The summed E-state index contributed by atoms with van der Waals surface area (Å²) in [6.45, 7) is 4.02. The molecule has 0 bridgehead atoms. The van der Waals surface area contributed by atoms with Crippen LogP contribution in [0.2, 0.25) is 0 Å². The number of aryl methyl sites for hydroxylation is 2. The topological polar surface area (TPSA) is 46.9 Å². The van der Waals surface area contributed by atoms with Gasteiger partial charge in [0.2, 0.25) is 0 Å². The number of anilines is 1. The molecule has 1 aromatic carbocycles. The van der Waals surface area contributed by atoms with Gasteiger partial charge in [-0.15, -0.1) is 0 Å². The quantitative estimate of drug-likeness (QED) is 0.843. The number of hydrogen-bond acceptors (Lipinski definition) is 2. The molecule has 0 aliphatic rings. The van der Waals surface area contributed by atoms with Crippen LogP contribution in [0.4, 0.5) is 5.69 Å². The molecule has 1 aromatic heterocycles. The van der Waals surface area contributed by atoms with Gasteiger partial charge in [-0.25, -0.2) is 0 Å². The van der Waals surface area contributed by atoms with Crippen molar-refractivity contribution < 1.29 is 4.79 Å². The van der Waals surface area contributed by atoms with Crippen LogP contribution in [0.3, 0.4) is 0 Å². The molecule has 0 atom stereocenters. The summed E-state index contributed by atoms with van der Waals surface area (Å²) in [6, 6.07) is 5.85. The van der Waals surface area contributed by atoms with Gasteiger partial charge in [0.1, 0.15) is 0 Å². The van der Waals surface area contributed by atoms with Crippen LogP contribution in [-0.4, -0.2) is 15.7 Å². The van der Waals surface area contributed by atoms with Crippen molar-refractivity contribution in [3.63, 3.8) is 0 Å². The minimum absolute atomic E-state index is 0.172. The molecule has 94 valence electrons. The highest BCUT2D eigenvalue weighted by Crippen LogP contribution is 2.19. The molecule has 0 radical (unpaired) electrons. The van der Waals surface area contributed by atoms with E-state index >= 15 is 0 Å². The third-order valence-electron chi connectivity index (χ3n) is 2.85. The monoisotopic (exact) mass is 355 g/mol. The molecule has 18 heavy (non-hydrogen) atoms. The molecule has 2 rings (SSSR count). The largest absolute Gasteiger partial charge is 0.320 e. The standard InChI is InChI=1S/C13H14IN3O/c1-8-5-4-6-11(9(8)2)15-13(18)12-10(14)7-17(3)16-12/h4-7H,1-3H3,(H,15,18). The summed E-state index contributed by atoms with van der Waals surface area (Å²) in [4.78, 5) is 12.1. The Morgan fingerprint density at radius 2 is 2.11 bits per heavy atom. The van der Waals surface area contributed by atoms with E-state index in [0.717, 1.165) is 20.4 Å². The summed E-state index contributed by atoms with van der Waals surface area (Å²) in [5, 5.41) is 7.06. The van der Waals surface area contributed by atoms with Crippen LogP contribution >= 0.6 is 22.6 Å². The van der Waals surface area contributed by atoms with E-state index < -0.39 is 0 Å². The molecule has 1 N–H and O–H groups in total. The lowest BCUT2D eigenvalue weighted by atomic mass is 10.1. The van der Waals surface area contributed by atoms with E-state index in [0.29, 0.717) is 5.69 Å². The molecule has 2 aromatic rings. The molecule has 1 amide bonds. The third kappa shape index (κ3) is 2.55. The van der Waals surface area contributed by atoms with Gasteiger partial charge in [0.25, 0.3) is 5.91 Å². The number of amides is 1. The molecule has 4 nitrogen and oxygen atoms in total. The lowest BCUT2D eigenvalue weighted by molar-refractivity contribution is 0.102. The fourth-order valence-electron chi connectivity index (χ4n) is 1.68. The molecule has 5 heteroatoms. The Morgan fingerprint density at radius 1 is 1.39 bits per heavy atom. The summed E-state index contributed by atoms with van der Waals surface area (Å²) >= 11 is 2.11. The molecule has 0 saturated heterocycles. The molecule has 0 unspecified atom stereocenters. The van der Waals surface area contributed by atoms with Gasteiger partial charge in [0.05, 0.1) is 3.57 Å². The van der Waals surface area contributed by atoms with Crippen molar-refractivity contribution in [3.8, 4) is 0 Å². The zero-order valence-corrected chi connectivity index (χ0v) is 12.6. The predicted molar refractivity (Wildman–Crippen MR) is 79.8 cm³/mol. The number of hydrogen-bond donors (Lipinski definition) is 1. The maximum Gasteiger partial charge on any atom is 0.277 e. The Hall–Kier alpha value is -1.37. The second-order valence-electron chi connectivity index (χ2n) is 4.20. The normalized spacial score (nSPS) is 10.4. The van der Waals surface area contributed by atoms with E-state index in [9.17, 15) is 4.79 Å². The molecule has 0 saturated carbocycles. The minimum Gasteiger partial charge on any atom is -0.320 e. The number of benzene rings is 1. The summed E-state index contributed by atoms with van der Waals surface area (Å²) in [5.41, 5.74) is 3.53. The van der Waals surface area contributed by atoms with Crippen LogP contribution in [0.25, 0.3) is 0 Å². The fourth-order valence-corrected chi connectivity index (χ4v) is 2.44. The molecular formula is C13H14IN3O. The van der Waals surface area contributed by atoms with Crippen LogP contribution in [0.5, 0.6) is 0 Å².